The van der Waals surface area contributed by atoms with Gasteiger partial charge in [-0.05, 0) is 19.4 Å². The van der Waals surface area contributed by atoms with Crippen LogP contribution in [0.15, 0.2) is 23.1 Å². The van der Waals surface area contributed by atoms with E-state index in [0.717, 1.165) is 6.42 Å². The molecule has 1 rings (SSSR count). The van der Waals surface area contributed by atoms with E-state index in [-0.39, 0.29) is 18.0 Å². The Balaban J connectivity index is 2.57. The first-order chi connectivity index (χ1) is 9.43. The molecule has 2 amide bonds. The van der Waals surface area contributed by atoms with E-state index in [9.17, 15) is 14.4 Å². The average Bonchev–Trinajstić information content (AvgIpc) is 2.40. The van der Waals surface area contributed by atoms with Gasteiger partial charge < -0.3 is 20.9 Å². The van der Waals surface area contributed by atoms with Crippen molar-refractivity contribution in [3.8, 4) is 0 Å². The average molecular weight is 280 g/mol. The largest absolute Gasteiger partial charge is 0.398 e. The maximum absolute atomic E-state index is 11.8. The number of hydrogen-bond acceptors (Lipinski definition) is 4. The molecule has 0 aromatic carbocycles. The van der Waals surface area contributed by atoms with E-state index < -0.39 is 11.9 Å². The van der Waals surface area contributed by atoms with Gasteiger partial charge >= 0.3 is 0 Å². The maximum atomic E-state index is 11.8. The molecule has 0 spiro atoms. The van der Waals surface area contributed by atoms with Crippen molar-refractivity contribution < 1.29 is 9.59 Å². The Bertz CT molecular complexity index is 539. The van der Waals surface area contributed by atoms with Gasteiger partial charge in [-0.15, -0.1) is 0 Å². The molecule has 0 aliphatic carbocycles. The number of amides is 2. The van der Waals surface area contributed by atoms with Gasteiger partial charge in [-0.3, -0.25) is 14.4 Å². The summed E-state index contributed by atoms with van der Waals surface area (Å²) in [4.78, 5) is 34.9. The molecule has 1 atom stereocenters. The summed E-state index contributed by atoms with van der Waals surface area (Å²) in [7, 11) is 0. The highest BCUT2D eigenvalue weighted by Gasteiger charge is 2.15. The second-order valence-corrected chi connectivity index (χ2v) is 4.51. The Morgan fingerprint density at radius 2 is 2.10 bits per heavy atom. The number of carbonyl (C=O) groups is 2. The number of carbonyl (C=O) groups excluding carboxylic acids is 2. The minimum atomic E-state index is -0.647. The van der Waals surface area contributed by atoms with E-state index in [1.165, 1.54) is 22.9 Å². The lowest BCUT2D eigenvalue weighted by Crippen LogP contribution is -2.46. The third-order valence-electron chi connectivity index (χ3n) is 2.64. The summed E-state index contributed by atoms with van der Waals surface area (Å²) in [5.74, 6) is -0.669. The highest BCUT2D eigenvalue weighted by Crippen LogP contribution is 1.95. The summed E-state index contributed by atoms with van der Waals surface area (Å²) >= 11 is 0. The van der Waals surface area contributed by atoms with Crippen LogP contribution in [0.2, 0.25) is 0 Å². The predicted octanol–water partition coefficient (Wildman–Crippen LogP) is -0.539. The van der Waals surface area contributed by atoms with Crippen molar-refractivity contribution in [2.75, 3.05) is 12.3 Å². The van der Waals surface area contributed by atoms with E-state index in [2.05, 4.69) is 10.6 Å². The number of aromatic nitrogens is 1. The van der Waals surface area contributed by atoms with Crippen LogP contribution in [0.5, 0.6) is 0 Å². The highest BCUT2D eigenvalue weighted by atomic mass is 16.2. The zero-order valence-corrected chi connectivity index (χ0v) is 11.7. The van der Waals surface area contributed by atoms with Gasteiger partial charge in [0.05, 0.1) is 0 Å². The Labute approximate surface area is 117 Å². The monoisotopic (exact) mass is 280 g/mol. The number of nitrogens with zero attached hydrogens (tertiary/aromatic N) is 1. The van der Waals surface area contributed by atoms with E-state index in [1.807, 2.05) is 6.92 Å². The molecule has 1 aromatic rings. The second kappa shape index (κ2) is 7.32. The van der Waals surface area contributed by atoms with Crippen LogP contribution < -0.4 is 21.9 Å². The standard InChI is InChI=1S/C13H20N4O3/c1-3-6-15-13(20)9(2)16-11(18)8-17-7-10(14)4-5-12(17)19/h4-5,7,9H,3,6,8,14H2,1-2H3,(H,15,20)(H,16,18). The smallest absolute Gasteiger partial charge is 0.251 e. The van der Waals surface area contributed by atoms with Crippen LogP contribution >= 0.6 is 0 Å². The van der Waals surface area contributed by atoms with Gasteiger partial charge in [0.15, 0.2) is 0 Å². The van der Waals surface area contributed by atoms with Gasteiger partial charge in [0, 0.05) is 24.5 Å². The first-order valence-corrected chi connectivity index (χ1v) is 6.47. The molecule has 0 bridgehead atoms. The molecule has 0 aliphatic rings. The lowest BCUT2D eigenvalue weighted by molar-refractivity contribution is -0.128. The first-order valence-electron chi connectivity index (χ1n) is 6.47. The third-order valence-corrected chi connectivity index (χ3v) is 2.64. The summed E-state index contributed by atoms with van der Waals surface area (Å²) in [6.45, 7) is 3.92. The molecule has 110 valence electrons. The Morgan fingerprint density at radius 3 is 2.75 bits per heavy atom. The van der Waals surface area contributed by atoms with Crippen molar-refractivity contribution in [2.24, 2.45) is 0 Å². The maximum Gasteiger partial charge on any atom is 0.251 e. The summed E-state index contributed by atoms with van der Waals surface area (Å²) in [5.41, 5.74) is 5.62. The molecular weight excluding hydrogens is 260 g/mol. The normalized spacial score (nSPS) is 11.7. The van der Waals surface area contributed by atoms with Crippen LogP contribution in [-0.2, 0) is 16.1 Å². The minimum absolute atomic E-state index is 0.171. The molecule has 0 saturated carbocycles. The van der Waals surface area contributed by atoms with Gasteiger partial charge in [0.2, 0.25) is 11.8 Å². The predicted molar refractivity (Wildman–Crippen MR) is 76.0 cm³/mol. The molecule has 1 aromatic heterocycles. The van der Waals surface area contributed by atoms with Crippen molar-refractivity contribution in [1.29, 1.82) is 0 Å². The van der Waals surface area contributed by atoms with Crippen LogP contribution in [0, 0.1) is 0 Å². The molecule has 7 nitrogen and oxygen atoms in total. The number of anilines is 1. The van der Waals surface area contributed by atoms with Crippen molar-refractivity contribution in [2.45, 2.75) is 32.9 Å². The molecule has 0 saturated heterocycles. The Hall–Kier alpha value is -2.31. The van der Waals surface area contributed by atoms with Crippen molar-refractivity contribution in [3.63, 3.8) is 0 Å². The van der Waals surface area contributed by atoms with Gasteiger partial charge in [-0.25, -0.2) is 0 Å². The lowest BCUT2D eigenvalue weighted by atomic mass is 10.3. The van der Waals surface area contributed by atoms with Crippen molar-refractivity contribution >= 4 is 17.5 Å². The molecule has 0 aliphatic heterocycles. The molecule has 0 fully saturated rings. The Kier molecular flexibility index (Phi) is 5.76. The van der Waals surface area contributed by atoms with Gasteiger partial charge in [0.25, 0.3) is 5.56 Å². The van der Waals surface area contributed by atoms with E-state index in [0.29, 0.717) is 12.2 Å². The lowest BCUT2D eigenvalue weighted by Gasteiger charge is -2.14. The highest BCUT2D eigenvalue weighted by molar-refractivity contribution is 5.87. The van der Waals surface area contributed by atoms with Crippen LogP contribution in [0.1, 0.15) is 20.3 Å². The summed E-state index contributed by atoms with van der Waals surface area (Å²) < 4.78 is 1.20. The number of pyridine rings is 1. The van der Waals surface area contributed by atoms with Crippen molar-refractivity contribution in [3.05, 3.63) is 28.7 Å². The van der Waals surface area contributed by atoms with Gasteiger partial charge in [-0.2, -0.15) is 0 Å². The quantitative estimate of drug-likeness (QED) is 0.650. The SMILES string of the molecule is CCCNC(=O)C(C)NC(=O)Cn1cc(N)ccc1=O. The number of rotatable bonds is 6. The van der Waals surface area contributed by atoms with Crippen LogP contribution in [0.3, 0.4) is 0 Å². The molecule has 4 N–H and O–H groups in total. The van der Waals surface area contributed by atoms with E-state index in [1.54, 1.807) is 6.92 Å². The summed E-state index contributed by atoms with van der Waals surface area (Å²) in [6, 6.07) is 2.11. The van der Waals surface area contributed by atoms with Crippen LogP contribution in [0.4, 0.5) is 5.69 Å². The van der Waals surface area contributed by atoms with E-state index in [4.69, 9.17) is 5.73 Å². The fourth-order valence-corrected chi connectivity index (χ4v) is 1.58. The summed E-state index contributed by atoms with van der Waals surface area (Å²) in [5, 5.41) is 5.21. The van der Waals surface area contributed by atoms with Crippen LogP contribution in [-0.4, -0.2) is 29.0 Å². The zero-order chi connectivity index (χ0) is 15.1. The molecular formula is C13H20N4O3. The molecule has 7 heteroatoms. The summed E-state index contributed by atoms with van der Waals surface area (Å²) in [6.07, 6.45) is 2.22. The second-order valence-electron chi connectivity index (χ2n) is 4.51. The first kappa shape index (κ1) is 15.7. The zero-order valence-electron chi connectivity index (χ0n) is 11.7. The van der Waals surface area contributed by atoms with E-state index >= 15 is 0 Å². The Morgan fingerprint density at radius 1 is 1.40 bits per heavy atom. The molecule has 1 unspecified atom stereocenters. The molecule has 0 radical (unpaired) electrons. The topological polar surface area (TPSA) is 106 Å². The van der Waals surface area contributed by atoms with Crippen LogP contribution in [0.25, 0.3) is 0 Å². The number of nitrogen functional groups attached to an aromatic ring is 1. The van der Waals surface area contributed by atoms with Crippen molar-refractivity contribution in [1.82, 2.24) is 15.2 Å². The fourth-order valence-electron chi connectivity index (χ4n) is 1.58. The molecule has 20 heavy (non-hydrogen) atoms. The number of nitrogens with two attached hydrogens (primary N) is 1. The minimum Gasteiger partial charge on any atom is -0.398 e. The molecule has 1 heterocycles. The number of hydrogen-bond donors (Lipinski definition) is 3. The van der Waals surface area contributed by atoms with Gasteiger partial charge in [-0.1, -0.05) is 6.92 Å². The third kappa shape index (κ3) is 4.75. The van der Waals surface area contributed by atoms with Gasteiger partial charge in [0.1, 0.15) is 12.6 Å². The fraction of sp³-hybridized carbons (Fsp3) is 0.462. The number of nitrogens with one attached hydrogen (secondary N) is 2.